The lowest BCUT2D eigenvalue weighted by molar-refractivity contribution is 0.185. The molecule has 0 aliphatic carbocycles. The van der Waals surface area contributed by atoms with Crippen molar-refractivity contribution in [1.82, 2.24) is 14.5 Å². The van der Waals surface area contributed by atoms with Gasteiger partial charge in [-0.25, -0.2) is 9.78 Å². The predicted octanol–water partition coefficient (Wildman–Crippen LogP) is 6.04. The highest BCUT2D eigenvalue weighted by Crippen LogP contribution is 2.31. The van der Waals surface area contributed by atoms with Crippen LogP contribution in [0.15, 0.2) is 77.6 Å². The van der Waals surface area contributed by atoms with Crippen LogP contribution in [0.5, 0.6) is 11.5 Å². The van der Waals surface area contributed by atoms with Crippen molar-refractivity contribution in [2.75, 3.05) is 26.1 Å². The van der Waals surface area contributed by atoms with Crippen LogP contribution in [0.2, 0.25) is 0 Å². The zero-order chi connectivity index (χ0) is 27.2. The predicted molar refractivity (Wildman–Crippen MR) is 150 cm³/mol. The first-order valence-electron chi connectivity index (χ1n) is 12.7. The third-order valence-electron chi connectivity index (χ3n) is 6.52. The number of nitrogens with one attached hydrogen (secondary N) is 1. The summed E-state index contributed by atoms with van der Waals surface area (Å²) < 4.78 is 12.4. The monoisotopic (exact) mass is 514 g/mol. The highest BCUT2D eigenvalue weighted by molar-refractivity contribution is 5.91. The molecule has 0 aliphatic heterocycles. The highest BCUT2D eigenvalue weighted by Gasteiger charge is 2.27. The van der Waals surface area contributed by atoms with E-state index in [0.717, 1.165) is 6.42 Å². The van der Waals surface area contributed by atoms with E-state index >= 15 is 0 Å². The molecule has 0 radical (unpaired) electrons. The van der Waals surface area contributed by atoms with Crippen LogP contribution >= 0.6 is 0 Å². The second kappa shape index (κ2) is 11.8. The third-order valence-corrected chi connectivity index (χ3v) is 6.52. The van der Waals surface area contributed by atoms with Crippen LogP contribution in [-0.2, 0) is 0 Å². The largest absolute Gasteiger partial charge is 0.497 e. The number of carbonyl (C=O) groups is 1. The molecule has 8 nitrogen and oxygen atoms in total. The van der Waals surface area contributed by atoms with E-state index in [1.807, 2.05) is 55.5 Å². The van der Waals surface area contributed by atoms with E-state index in [-0.39, 0.29) is 11.6 Å². The van der Waals surface area contributed by atoms with E-state index in [0.29, 0.717) is 52.1 Å². The number of carbonyl (C=O) groups excluding carboxylic acids is 1. The molecule has 0 aliphatic rings. The quantitative estimate of drug-likeness (QED) is 0.294. The van der Waals surface area contributed by atoms with Gasteiger partial charge < -0.3 is 19.7 Å². The van der Waals surface area contributed by atoms with Gasteiger partial charge >= 0.3 is 6.03 Å². The number of benzene rings is 3. The van der Waals surface area contributed by atoms with E-state index in [2.05, 4.69) is 19.2 Å². The van der Waals surface area contributed by atoms with Gasteiger partial charge in [0.25, 0.3) is 5.56 Å². The van der Waals surface area contributed by atoms with Crippen LogP contribution < -0.4 is 20.3 Å². The maximum atomic E-state index is 13.8. The zero-order valence-corrected chi connectivity index (χ0v) is 22.5. The van der Waals surface area contributed by atoms with Crippen molar-refractivity contribution < 1.29 is 14.3 Å². The molecule has 198 valence electrons. The average molecular weight is 515 g/mol. The molecule has 2 amide bonds. The Morgan fingerprint density at radius 1 is 0.974 bits per heavy atom. The van der Waals surface area contributed by atoms with Crippen LogP contribution in [0.3, 0.4) is 0 Å². The Kier molecular flexibility index (Phi) is 8.31. The molecule has 1 aromatic heterocycles. The summed E-state index contributed by atoms with van der Waals surface area (Å²) in [4.78, 5) is 34.1. The fraction of sp³-hybridized carbons (Fsp3) is 0.300. The molecule has 1 unspecified atom stereocenters. The number of nitrogens with zero attached hydrogens (tertiary/aromatic N) is 3. The summed E-state index contributed by atoms with van der Waals surface area (Å²) in [7, 11) is 3.12. The number of urea groups is 1. The maximum absolute atomic E-state index is 13.8. The first kappa shape index (κ1) is 26.7. The topological polar surface area (TPSA) is 85.7 Å². The Labute approximate surface area is 222 Å². The van der Waals surface area contributed by atoms with Gasteiger partial charge in [0.1, 0.15) is 17.3 Å². The standard InChI is InChI=1S/C30H34N4O4/c1-20(2)17-18-33(30(36)32-26-16-15-23(37-4)19-27(26)38-5)21(3)28-31-25-14-10-9-13-24(25)29(35)34(28)22-11-7-6-8-12-22/h6-16,19-21H,17-18H2,1-5H3,(H,32,36). The first-order chi connectivity index (χ1) is 18.3. The maximum Gasteiger partial charge on any atom is 0.322 e. The number of rotatable bonds is 9. The average Bonchev–Trinajstić information content (AvgIpc) is 2.93. The van der Waals surface area contributed by atoms with Crippen molar-refractivity contribution in [3.05, 3.63) is 89.0 Å². The minimum Gasteiger partial charge on any atom is -0.497 e. The molecule has 1 atom stereocenters. The number of ether oxygens (including phenoxy) is 2. The number of fused-ring (bicyclic) bond motifs is 1. The summed E-state index contributed by atoms with van der Waals surface area (Å²) in [5.41, 5.74) is 1.63. The number of hydrogen-bond acceptors (Lipinski definition) is 5. The molecule has 8 heteroatoms. The van der Waals surface area contributed by atoms with E-state index in [1.165, 1.54) is 0 Å². The summed E-state index contributed by atoms with van der Waals surface area (Å²) in [6.45, 7) is 6.60. The summed E-state index contributed by atoms with van der Waals surface area (Å²) >= 11 is 0. The molecule has 1 N–H and O–H groups in total. The highest BCUT2D eigenvalue weighted by atomic mass is 16.5. The van der Waals surface area contributed by atoms with Crippen molar-refractivity contribution in [2.24, 2.45) is 5.92 Å². The van der Waals surface area contributed by atoms with E-state index in [9.17, 15) is 9.59 Å². The Bertz CT molecular complexity index is 1470. The van der Waals surface area contributed by atoms with Crippen molar-refractivity contribution in [3.63, 3.8) is 0 Å². The minimum absolute atomic E-state index is 0.176. The number of anilines is 1. The number of amides is 2. The van der Waals surface area contributed by atoms with E-state index in [1.54, 1.807) is 48.0 Å². The summed E-state index contributed by atoms with van der Waals surface area (Å²) in [5, 5.41) is 3.51. The molecule has 38 heavy (non-hydrogen) atoms. The minimum atomic E-state index is -0.518. The third kappa shape index (κ3) is 5.64. The molecule has 4 aromatic rings. The summed E-state index contributed by atoms with van der Waals surface area (Å²) in [5.74, 6) is 1.96. The molecular formula is C30H34N4O4. The van der Waals surface area contributed by atoms with Gasteiger partial charge in [0, 0.05) is 12.6 Å². The molecule has 4 rings (SSSR count). The molecule has 0 fully saturated rings. The molecule has 0 bridgehead atoms. The number of hydrogen-bond donors (Lipinski definition) is 1. The van der Waals surface area contributed by atoms with Crippen molar-refractivity contribution in [2.45, 2.75) is 33.2 Å². The van der Waals surface area contributed by atoms with Gasteiger partial charge in [-0.05, 0) is 55.7 Å². The van der Waals surface area contributed by atoms with Crippen molar-refractivity contribution >= 4 is 22.6 Å². The molecule has 0 saturated carbocycles. The molecule has 1 heterocycles. The second-order valence-electron chi connectivity index (χ2n) is 9.51. The van der Waals surface area contributed by atoms with Gasteiger partial charge in [0.05, 0.1) is 42.5 Å². The molecule has 0 saturated heterocycles. The Balaban J connectivity index is 1.80. The lowest BCUT2D eigenvalue weighted by atomic mass is 10.1. The Morgan fingerprint density at radius 3 is 2.37 bits per heavy atom. The fourth-order valence-electron chi connectivity index (χ4n) is 4.35. The van der Waals surface area contributed by atoms with Crippen LogP contribution in [0.1, 0.15) is 39.1 Å². The van der Waals surface area contributed by atoms with Crippen LogP contribution in [0.4, 0.5) is 10.5 Å². The second-order valence-corrected chi connectivity index (χ2v) is 9.51. The number of methoxy groups -OCH3 is 2. The van der Waals surface area contributed by atoms with Gasteiger partial charge in [-0.3, -0.25) is 9.36 Å². The Morgan fingerprint density at radius 2 is 1.68 bits per heavy atom. The normalized spacial score (nSPS) is 11.8. The number of aromatic nitrogens is 2. The van der Waals surface area contributed by atoms with Gasteiger partial charge in [0.2, 0.25) is 0 Å². The summed E-state index contributed by atoms with van der Waals surface area (Å²) in [6.07, 6.45) is 0.778. The van der Waals surface area contributed by atoms with Crippen molar-refractivity contribution in [1.29, 1.82) is 0 Å². The zero-order valence-electron chi connectivity index (χ0n) is 22.5. The van der Waals surface area contributed by atoms with E-state index < -0.39 is 6.04 Å². The first-order valence-corrected chi connectivity index (χ1v) is 12.7. The lowest BCUT2D eigenvalue weighted by Crippen LogP contribution is -2.40. The molecular weight excluding hydrogens is 480 g/mol. The SMILES string of the molecule is COc1ccc(NC(=O)N(CCC(C)C)C(C)c2nc3ccccc3c(=O)n2-c2ccccc2)c(OC)c1. The smallest absolute Gasteiger partial charge is 0.322 e. The van der Waals surface area contributed by atoms with E-state index in [4.69, 9.17) is 14.5 Å². The van der Waals surface area contributed by atoms with Crippen LogP contribution in [0, 0.1) is 5.92 Å². The van der Waals surface area contributed by atoms with Gasteiger partial charge in [-0.1, -0.05) is 44.2 Å². The van der Waals surface area contributed by atoms with Crippen LogP contribution in [0.25, 0.3) is 16.6 Å². The van der Waals surface area contributed by atoms with Crippen LogP contribution in [-0.4, -0.2) is 41.2 Å². The molecule has 0 spiro atoms. The number of para-hydroxylation sites is 2. The Hall–Kier alpha value is -4.33. The van der Waals surface area contributed by atoms with Crippen molar-refractivity contribution in [3.8, 4) is 17.2 Å². The van der Waals surface area contributed by atoms with Gasteiger partial charge in [-0.15, -0.1) is 0 Å². The van der Waals surface area contributed by atoms with Gasteiger partial charge in [-0.2, -0.15) is 0 Å². The summed E-state index contributed by atoms with van der Waals surface area (Å²) in [6, 6.07) is 21.1. The lowest BCUT2D eigenvalue weighted by Gasteiger charge is -2.31. The van der Waals surface area contributed by atoms with Gasteiger partial charge in [0.15, 0.2) is 0 Å². The fourth-order valence-corrected chi connectivity index (χ4v) is 4.35. The molecule has 3 aromatic carbocycles.